The summed E-state index contributed by atoms with van der Waals surface area (Å²) in [4.78, 5) is 10.7. The molecule has 0 fully saturated rings. The van der Waals surface area contributed by atoms with E-state index in [2.05, 4.69) is 26.0 Å². The monoisotopic (exact) mass is 341 g/mol. The van der Waals surface area contributed by atoms with Crippen molar-refractivity contribution in [2.45, 2.75) is 12.4 Å². The second kappa shape index (κ2) is 6.11. The second-order valence-electron chi connectivity index (χ2n) is 3.58. The quantitative estimate of drug-likeness (QED) is 0.758. The van der Waals surface area contributed by atoms with E-state index in [1.54, 1.807) is 0 Å². The van der Waals surface area contributed by atoms with Crippen molar-refractivity contribution in [1.29, 1.82) is 0 Å². The van der Waals surface area contributed by atoms with Crippen LogP contribution in [-0.4, -0.2) is 24.9 Å². The minimum atomic E-state index is -4.82. The summed E-state index contributed by atoms with van der Waals surface area (Å²) in [6.45, 7) is -0.106. The highest BCUT2D eigenvalue weighted by Gasteiger charge is 2.32. The maximum Gasteiger partial charge on any atom is 0.573 e. The number of carbonyl (C=O) groups is 1. The average molecular weight is 342 g/mol. The van der Waals surface area contributed by atoms with Gasteiger partial charge in [0.2, 0.25) is 5.91 Å². The Hall–Kier alpha value is -1.48. The Morgan fingerprint density at radius 2 is 2.11 bits per heavy atom. The molecule has 1 unspecified atom stereocenters. The van der Waals surface area contributed by atoms with Gasteiger partial charge in [-0.2, -0.15) is 0 Å². The number of nitrogens with two attached hydrogens (primary N) is 2. The molecule has 0 aliphatic carbocycles. The molecule has 0 radical (unpaired) electrons. The highest BCUT2D eigenvalue weighted by atomic mass is 79.9. The fraction of sp³-hybridized carbons (Fsp3) is 0.300. The number of hydrogen-bond donors (Lipinski definition) is 3. The molecule has 9 heteroatoms. The van der Waals surface area contributed by atoms with Gasteiger partial charge in [-0.25, -0.2) is 0 Å². The normalized spacial score (nSPS) is 12.9. The van der Waals surface area contributed by atoms with Crippen molar-refractivity contribution < 1.29 is 22.7 Å². The summed E-state index contributed by atoms with van der Waals surface area (Å²) in [5.41, 5.74) is 10.4. The van der Waals surface area contributed by atoms with E-state index in [4.69, 9.17) is 11.5 Å². The first-order valence-corrected chi connectivity index (χ1v) is 5.82. The van der Waals surface area contributed by atoms with E-state index in [0.29, 0.717) is 4.47 Å². The smallest absolute Gasteiger partial charge is 0.404 e. The molecule has 5 nitrogen and oxygen atoms in total. The number of carbonyl (C=O) groups excluding carboxylic acids is 1. The Morgan fingerprint density at radius 1 is 1.47 bits per heavy atom. The topological polar surface area (TPSA) is 90.4 Å². The molecule has 1 rings (SSSR count). The van der Waals surface area contributed by atoms with Crippen LogP contribution in [0, 0.1) is 0 Å². The number of anilines is 1. The van der Waals surface area contributed by atoms with Crippen molar-refractivity contribution in [3.05, 3.63) is 22.7 Å². The summed E-state index contributed by atoms with van der Waals surface area (Å²) < 4.78 is 40.9. The summed E-state index contributed by atoms with van der Waals surface area (Å²) in [5, 5.41) is 2.57. The molecule has 0 aliphatic heterocycles. The number of ether oxygens (including phenoxy) is 1. The van der Waals surface area contributed by atoms with Crippen LogP contribution < -0.4 is 21.5 Å². The van der Waals surface area contributed by atoms with Gasteiger partial charge >= 0.3 is 6.36 Å². The van der Waals surface area contributed by atoms with Gasteiger partial charge in [-0.3, -0.25) is 4.79 Å². The zero-order valence-electron chi connectivity index (χ0n) is 9.50. The fourth-order valence-corrected chi connectivity index (χ4v) is 1.51. The zero-order valence-corrected chi connectivity index (χ0v) is 11.1. The summed E-state index contributed by atoms with van der Waals surface area (Å²) in [5.74, 6) is -1.19. The molecule has 5 N–H and O–H groups in total. The van der Waals surface area contributed by atoms with E-state index >= 15 is 0 Å². The van der Waals surface area contributed by atoms with Gasteiger partial charge in [-0.05, 0) is 18.2 Å². The molecule has 0 saturated carbocycles. The Bertz CT molecular complexity index is 468. The molecular formula is C10H11BrF3N3O2. The molecule has 0 aliphatic rings. The van der Waals surface area contributed by atoms with E-state index in [1.165, 1.54) is 12.1 Å². The predicted octanol–water partition coefficient (Wildman–Crippen LogP) is 1.57. The first-order chi connectivity index (χ1) is 8.69. The van der Waals surface area contributed by atoms with Crippen LogP contribution in [0.4, 0.5) is 18.9 Å². The highest BCUT2D eigenvalue weighted by molar-refractivity contribution is 9.10. The maximum absolute atomic E-state index is 12.2. The molecule has 0 heterocycles. The first-order valence-electron chi connectivity index (χ1n) is 5.03. The number of rotatable bonds is 5. The largest absolute Gasteiger partial charge is 0.573 e. The van der Waals surface area contributed by atoms with Gasteiger partial charge in [0, 0.05) is 11.0 Å². The molecule has 1 atom stereocenters. The Morgan fingerprint density at radius 3 is 2.63 bits per heavy atom. The number of benzene rings is 1. The van der Waals surface area contributed by atoms with E-state index in [0.717, 1.165) is 6.07 Å². The van der Waals surface area contributed by atoms with Gasteiger partial charge in [-0.15, -0.1) is 13.2 Å². The summed E-state index contributed by atoms with van der Waals surface area (Å²) >= 11 is 3.03. The summed E-state index contributed by atoms with van der Waals surface area (Å²) in [7, 11) is 0. The molecule has 106 valence electrons. The van der Waals surface area contributed by atoms with Crippen LogP contribution in [0.2, 0.25) is 0 Å². The van der Waals surface area contributed by atoms with Crippen molar-refractivity contribution in [2.24, 2.45) is 11.5 Å². The SMILES string of the molecule is NC(=O)C(N)CNc1ccc(Br)cc1OC(F)(F)F. The number of halogens is 4. The molecule has 19 heavy (non-hydrogen) atoms. The number of primary amides is 1. The van der Waals surface area contributed by atoms with Crippen molar-refractivity contribution in [3.8, 4) is 5.75 Å². The lowest BCUT2D eigenvalue weighted by Crippen LogP contribution is -2.41. The molecule has 0 saturated heterocycles. The third-order valence-electron chi connectivity index (χ3n) is 2.05. The molecule has 1 aromatic rings. The summed E-state index contributed by atoms with van der Waals surface area (Å²) in [6.07, 6.45) is -4.82. The van der Waals surface area contributed by atoms with Crippen molar-refractivity contribution in [2.75, 3.05) is 11.9 Å². The van der Waals surface area contributed by atoms with Gasteiger partial charge in [0.25, 0.3) is 0 Å². The number of alkyl halides is 3. The Balaban J connectivity index is 2.85. The van der Waals surface area contributed by atoms with E-state index in [1.807, 2.05) is 0 Å². The second-order valence-corrected chi connectivity index (χ2v) is 4.49. The van der Waals surface area contributed by atoms with Gasteiger partial charge in [0.15, 0.2) is 5.75 Å². The number of amides is 1. The molecule has 1 amide bonds. The van der Waals surface area contributed by atoms with Crippen LogP contribution in [0.1, 0.15) is 0 Å². The highest BCUT2D eigenvalue weighted by Crippen LogP contribution is 2.32. The predicted molar refractivity (Wildman–Crippen MR) is 66.5 cm³/mol. The minimum Gasteiger partial charge on any atom is -0.404 e. The molecule has 0 spiro atoms. The van der Waals surface area contributed by atoms with Crippen LogP contribution in [0.5, 0.6) is 5.75 Å². The van der Waals surface area contributed by atoms with Gasteiger partial charge in [0.1, 0.15) is 6.04 Å². The van der Waals surface area contributed by atoms with Crippen LogP contribution >= 0.6 is 15.9 Å². The average Bonchev–Trinajstić information content (AvgIpc) is 2.25. The maximum atomic E-state index is 12.2. The zero-order chi connectivity index (χ0) is 14.6. The van der Waals surface area contributed by atoms with Crippen LogP contribution in [0.3, 0.4) is 0 Å². The fourth-order valence-electron chi connectivity index (χ4n) is 1.17. The standard InChI is InChI=1S/C10H11BrF3N3O2/c11-5-1-2-7(17-4-6(15)9(16)18)8(3-5)19-10(12,13)14/h1-3,6,17H,4,15H2,(H2,16,18). The Kier molecular flexibility index (Phi) is 5.01. The van der Waals surface area contributed by atoms with Crippen molar-refractivity contribution in [3.63, 3.8) is 0 Å². The lowest BCUT2D eigenvalue weighted by molar-refractivity contribution is -0.274. The molecule has 0 aromatic heterocycles. The van der Waals surface area contributed by atoms with Crippen molar-refractivity contribution >= 4 is 27.5 Å². The summed E-state index contributed by atoms with van der Waals surface area (Å²) in [6, 6.07) is 3.01. The van der Waals surface area contributed by atoms with Gasteiger partial charge in [0.05, 0.1) is 5.69 Å². The molecular weight excluding hydrogens is 331 g/mol. The van der Waals surface area contributed by atoms with Crippen LogP contribution in [0.15, 0.2) is 22.7 Å². The third kappa shape index (κ3) is 5.35. The number of nitrogens with one attached hydrogen (secondary N) is 1. The van der Waals surface area contributed by atoms with E-state index in [9.17, 15) is 18.0 Å². The first kappa shape index (κ1) is 15.6. The lowest BCUT2D eigenvalue weighted by Gasteiger charge is -2.16. The van der Waals surface area contributed by atoms with Crippen LogP contribution in [-0.2, 0) is 4.79 Å². The Labute approximate surface area is 115 Å². The lowest BCUT2D eigenvalue weighted by atomic mass is 10.2. The van der Waals surface area contributed by atoms with E-state index in [-0.39, 0.29) is 12.2 Å². The number of hydrogen-bond acceptors (Lipinski definition) is 4. The minimum absolute atomic E-state index is 0.0530. The third-order valence-corrected chi connectivity index (χ3v) is 2.54. The van der Waals surface area contributed by atoms with Gasteiger partial charge in [-0.1, -0.05) is 15.9 Å². The van der Waals surface area contributed by atoms with Crippen LogP contribution in [0.25, 0.3) is 0 Å². The molecule has 0 bridgehead atoms. The van der Waals surface area contributed by atoms with E-state index < -0.39 is 24.1 Å². The van der Waals surface area contributed by atoms with Gasteiger partial charge < -0.3 is 21.5 Å². The molecule has 1 aromatic carbocycles. The van der Waals surface area contributed by atoms with Crippen molar-refractivity contribution in [1.82, 2.24) is 0 Å².